The molecule has 1 heteroatoms. The Morgan fingerprint density at radius 3 is 1.45 bits per heavy atom. The Hall–Kier alpha value is -5.14. The van der Waals surface area contributed by atoms with Gasteiger partial charge in [0.2, 0.25) is 0 Å². The summed E-state index contributed by atoms with van der Waals surface area (Å²) in [4.78, 5) is 0. The molecule has 0 aliphatic heterocycles. The number of fused-ring (bicyclic) bond motifs is 3. The number of nitrogens with one attached hydrogen (secondary N) is 1. The summed E-state index contributed by atoms with van der Waals surface area (Å²) in [7, 11) is 0. The first-order chi connectivity index (χ1) is 20.7. The Bertz CT molecular complexity index is 2080. The number of aryl methyl sites for hydroxylation is 3. The maximum atomic E-state index is 3.70. The first kappa shape index (κ1) is 24.6. The quantitative estimate of drug-likeness (QED) is 0.215. The van der Waals surface area contributed by atoms with Gasteiger partial charge in [-0.25, -0.2) is 0 Å². The van der Waals surface area contributed by atoms with Gasteiger partial charge in [-0.05, 0) is 110 Å². The van der Waals surface area contributed by atoms with E-state index in [1.54, 1.807) is 0 Å². The molecule has 0 bridgehead atoms. The van der Waals surface area contributed by atoms with Crippen LogP contribution in [0.25, 0.3) is 54.9 Å². The molecule has 0 heterocycles. The first-order valence-corrected chi connectivity index (χ1v) is 14.8. The number of hydrogen-bond acceptors (Lipinski definition) is 1. The average molecular weight is 538 g/mol. The van der Waals surface area contributed by atoms with Crippen molar-refractivity contribution in [3.05, 3.63) is 156 Å². The summed E-state index contributed by atoms with van der Waals surface area (Å²) in [6.45, 7) is 2.17. The van der Waals surface area contributed by atoms with E-state index in [0.29, 0.717) is 0 Å². The number of hydrogen-bond donors (Lipinski definition) is 1. The maximum absolute atomic E-state index is 3.70. The zero-order valence-corrected chi connectivity index (χ0v) is 23.7. The van der Waals surface area contributed by atoms with E-state index in [-0.39, 0.29) is 0 Å². The van der Waals surface area contributed by atoms with Crippen molar-refractivity contribution >= 4 is 32.9 Å². The summed E-state index contributed by atoms with van der Waals surface area (Å²) in [5.74, 6) is 0. The number of benzene rings is 7. The van der Waals surface area contributed by atoms with E-state index in [2.05, 4.69) is 152 Å². The highest BCUT2D eigenvalue weighted by Crippen LogP contribution is 2.44. The summed E-state index contributed by atoms with van der Waals surface area (Å²) in [5, 5.41) is 8.80. The molecule has 1 N–H and O–H groups in total. The fraction of sp³-hybridized carbons (Fsp3) is 0.0732. The van der Waals surface area contributed by atoms with E-state index in [9.17, 15) is 0 Å². The fourth-order valence-corrected chi connectivity index (χ4v) is 6.62. The minimum atomic E-state index is 1.08. The van der Waals surface area contributed by atoms with Crippen LogP contribution in [0.2, 0.25) is 0 Å². The molecule has 0 saturated carbocycles. The second-order valence-electron chi connectivity index (χ2n) is 11.5. The molecule has 0 fully saturated rings. The van der Waals surface area contributed by atoms with Crippen LogP contribution < -0.4 is 5.32 Å². The lowest BCUT2D eigenvalue weighted by Crippen LogP contribution is -2.07. The molecule has 0 radical (unpaired) electrons. The monoisotopic (exact) mass is 537 g/mol. The molecular weight excluding hydrogens is 506 g/mol. The summed E-state index contributed by atoms with van der Waals surface area (Å²) in [6.07, 6.45) is 2.41. The first-order valence-electron chi connectivity index (χ1n) is 14.8. The SMILES string of the molecule is Cc1cccc(-c2c3ccccc3c(-c3cccc(Nc4cccc(-c5ccc6c(c5)CC6)c4)c3)c3ccccc23)c1. The van der Waals surface area contributed by atoms with Crippen LogP contribution in [-0.2, 0) is 12.8 Å². The van der Waals surface area contributed by atoms with Gasteiger partial charge < -0.3 is 5.32 Å². The Morgan fingerprint density at radius 1 is 0.405 bits per heavy atom. The lowest BCUT2D eigenvalue weighted by molar-refractivity contribution is 0.840. The van der Waals surface area contributed by atoms with E-state index < -0.39 is 0 Å². The van der Waals surface area contributed by atoms with E-state index >= 15 is 0 Å². The minimum absolute atomic E-state index is 1.08. The van der Waals surface area contributed by atoms with Gasteiger partial charge in [0.05, 0.1) is 0 Å². The van der Waals surface area contributed by atoms with Crippen LogP contribution in [0.1, 0.15) is 16.7 Å². The highest BCUT2D eigenvalue weighted by Gasteiger charge is 2.17. The smallest absolute Gasteiger partial charge is 0.0390 e. The van der Waals surface area contributed by atoms with Crippen LogP contribution in [0, 0.1) is 6.92 Å². The van der Waals surface area contributed by atoms with E-state index in [1.165, 1.54) is 84.5 Å². The van der Waals surface area contributed by atoms with E-state index in [1.807, 2.05) is 0 Å². The van der Waals surface area contributed by atoms with E-state index in [0.717, 1.165) is 11.4 Å². The molecule has 7 aromatic carbocycles. The second-order valence-corrected chi connectivity index (χ2v) is 11.5. The van der Waals surface area contributed by atoms with Crippen molar-refractivity contribution in [1.29, 1.82) is 0 Å². The zero-order valence-electron chi connectivity index (χ0n) is 23.7. The van der Waals surface area contributed by atoms with Gasteiger partial charge in [0.25, 0.3) is 0 Å². The molecule has 0 spiro atoms. The summed E-state index contributed by atoms with van der Waals surface area (Å²) >= 11 is 0. The van der Waals surface area contributed by atoms with Gasteiger partial charge in [-0.1, -0.05) is 121 Å². The van der Waals surface area contributed by atoms with Gasteiger partial charge in [-0.3, -0.25) is 0 Å². The van der Waals surface area contributed by atoms with Crippen LogP contribution in [0.15, 0.2) is 140 Å². The molecule has 42 heavy (non-hydrogen) atoms. The van der Waals surface area contributed by atoms with Crippen molar-refractivity contribution in [2.24, 2.45) is 0 Å². The third-order valence-electron chi connectivity index (χ3n) is 8.74. The molecule has 0 amide bonds. The van der Waals surface area contributed by atoms with Crippen LogP contribution >= 0.6 is 0 Å². The summed E-state index contributed by atoms with van der Waals surface area (Å²) in [6, 6.07) is 51.1. The molecule has 8 rings (SSSR count). The Balaban J connectivity index is 1.24. The van der Waals surface area contributed by atoms with Gasteiger partial charge in [0.15, 0.2) is 0 Å². The number of anilines is 2. The van der Waals surface area contributed by atoms with Gasteiger partial charge >= 0.3 is 0 Å². The highest BCUT2D eigenvalue weighted by atomic mass is 14.9. The zero-order chi connectivity index (χ0) is 28.0. The molecule has 1 nitrogen and oxygen atoms in total. The maximum Gasteiger partial charge on any atom is 0.0390 e. The Kier molecular flexibility index (Phi) is 5.89. The molecule has 0 aromatic heterocycles. The largest absolute Gasteiger partial charge is 0.355 e. The normalized spacial score (nSPS) is 12.2. The van der Waals surface area contributed by atoms with Crippen molar-refractivity contribution in [2.75, 3.05) is 5.32 Å². The predicted octanol–water partition coefficient (Wildman–Crippen LogP) is 11.1. The second kappa shape index (κ2) is 10.0. The Morgan fingerprint density at radius 2 is 0.905 bits per heavy atom. The topological polar surface area (TPSA) is 12.0 Å². The van der Waals surface area contributed by atoms with Gasteiger partial charge in [-0.2, -0.15) is 0 Å². The predicted molar refractivity (Wildman–Crippen MR) is 180 cm³/mol. The Labute approximate surface area is 247 Å². The van der Waals surface area contributed by atoms with Crippen LogP contribution in [-0.4, -0.2) is 0 Å². The van der Waals surface area contributed by atoms with E-state index in [4.69, 9.17) is 0 Å². The third kappa shape index (κ3) is 4.26. The van der Waals surface area contributed by atoms with Gasteiger partial charge in [-0.15, -0.1) is 0 Å². The van der Waals surface area contributed by atoms with Crippen LogP contribution in [0.4, 0.5) is 11.4 Å². The summed E-state index contributed by atoms with van der Waals surface area (Å²) < 4.78 is 0. The average Bonchev–Trinajstić information content (AvgIpc) is 3.00. The molecule has 0 unspecified atom stereocenters. The van der Waals surface area contributed by atoms with Crippen molar-refractivity contribution < 1.29 is 0 Å². The van der Waals surface area contributed by atoms with Gasteiger partial charge in [0, 0.05) is 11.4 Å². The lowest BCUT2D eigenvalue weighted by Gasteiger charge is -2.20. The van der Waals surface area contributed by atoms with Crippen molar-refractivity contribution in [2.45, 2.75) is 19.8 Å². The van der Waals surface area contributed by atoms with Crippen LogP contribution in [0.5, 0.6) is 0 Å². The standard InChI is InChI=1S/C41H31N/c1-27-9-6-11-32(23-27)40-36-15-2-4-17-38(36)41(39-18-5-3-16-37(39)40)33-12-8-14-35(26-33)42-34-13-7-10-29(25-34)31-22-20-28-19-21-30(28)24-31/h2-18,20,22-26,42H,19,21H2,1H3. The third-order valence-corrected chi connectivity index (χ3v) is 8.74. The molecular formula is C41H31N. The molecule has 0 atom stereocenters. The van der Waals surface area contributed by atoms with Crippen LogP contribution in [0.3, 0.4) is 0 Å². The molecule has 1 aliphatic carbocycles. The number of rotatable bonds is 5. The lowest BCUT2D eigenvalue weighted by atomic mass is 9.85. The molecule has 1 aliphatic rings. The summed E-state index contributed by atoms with van der Waals surface area (Å²) in [5.41, 5.74) is 14.0. The minimum Gasteiger partial charge on any atom is -0.355 e. The fourth-order valence-electron chi connectivity index (χ4n) is 6.62. The van der Waals surface area contributed by atoms with Gasteiger partial charge in [0.1, 0.15) is 0 Å². The van der Waals surface area contributed by atoms with Crippen molar-refractivity contribution in [1.82, 2.24) is 0 Å². The molecule has 200 valence electrons. The van der Waals surface area contributed by atoms with Crippen molar-refractivity contribution in [3.8, 4) is 33.4 Å². The molecule has 0 saturated heterocycles. The highest BCUT2D eigenvalue weighted by molar-refractivity contribution is 6.21. The molecule has 7 aromatic rings. The van der Waals surface area contributed by atoms with Crippen molar-refractivity contribution in [3.63, 3.8) is 0 Å².